The molecule has 0 saturated heterocycles. The molecule has 3 heteroatoms. The van der Waals surface area contributed by atoms with Crippen LogP contribution in [0, 0.1) is 19.3 Å². The zero-order valence-electron chi connectivity index (χ0n) is 12.3. The lowest BCUT2D eigenvalue weighted by atomic mass is 9.88. The lowest BCUT2D eigenvalue weighted by Gasteiger charge is -2.24. The van der Waals surface area contributed by atoms with E-state index in [9.17, 15) is 4.79 Å². The smallest absolute Gasteiger partial charge is 0.251 e. The Labute approximate surface area is 121 Å². The largest absolute Gasteiger partial charge is 0.351 e. The van der Waals surface area contributed by atoms with Gasteiger partial charge >= 0.3 is 0 Å². The van der Waals surface area contributed by atoms with E-state index in [2.05, 4.69) is 19.2 Å². The SMILES string of the molecule is Cc1cccc(C(=O)NCC(C)(C)CCCCl)c1C. The van der Waals surface area contributed by atoms with Gasteiger partial charge in [0.05, 0.1) is 0 Å². The van der Waals surface area contributed by atoms with Gasteiger partial charge in [-0.2, -0.15) is 0 Å². The van der Waals surface area contributed by atoms with Gasteiger partial charge in [0.25, 0.3) is 5.91 Å². The molecule has 0 aliphatic heterocycles. The molecule has 0 aliphatic rings. The second-order valence-electron chi connectivity index (χ2n) is 5.89. The third kappa shape index (κ3) is 4.87. The number of benzene rings is 1. The van der Waals surface area contributed by atoms with Crippen LogP contribution in [0.15, 0.2) is 18.2 Å². The predicted molar refractivity (Wildman–Crippen MR) is 82.0 cm³/mol. The van der Waals surface area contributed by atoms with Crippen LogP contribution in [0.5, 0.6) is 0 Å². The van der Waals surface area contributed by atoms with Crippen LogP contribution in [0.1, 0.15) is 48.2 Å². The summed E-state index contributed by atoms with van der Waals surface area (Å²) >= 11 is 5.72. The Kier molecular flexibility index (Phi) is 5.86. The molecule has 0 heterocycles. The lowest BCUT2D eigenvalue weighted by Crippen LogP contribution is -2.34. The number of rotatable bonds is 6. The summed E-state index contributed by atoms with van der Waals surface area (Å²) < 4.78 is 0. The van der Waals surface area contributed by atoms with E-state index in [1.54, 1.807) is 0 Å². The van der Waals surface area contributed by atoms with Gasteiger partial charge in [0.2, 0.25) is 0 Å². The lowest BCUT2D eigenvalue weighted by molar-refractivity contribution is 0.0934. The van der Waals surface area contributed by atoms with Gasteiger partial charge in [0.1, 0.15) is 0 Å². The Morgan fingerprint density at radius 1 is 1.32 bits per heavy atom. The molecule has 1 amide bonds. The normalized spacial score (nSPS) is 11.4. The first kappa shape index (κ1) is 16.0. The Bertz CT molecular complexity index is 440. The maximum Gasteiger partial charge on any atom is 0.251 e. The molecule has 1 aromatic carbocycles. The Hall–Kier alpha value is -1.02. The predicted octanol–water partition coefficient (Wildman–Crippen LogP) is 4.08. The molecule has 0 aliphatic carbocycles. The molecule has 0 aromatic heterocycles. The van der Waals surface area contributed by atoms with Crippen LogP contribution in [0.2, 0.25) is 0 Å². The van der Waals surface area contributed by atoms with Crippen molar-refractivity contribution in [2.24, 2.45) is 5.41 Å². The summed E-state index contributed by atoms with van der Waals surface area (Å²) in [6.45, 7) is 9.00. The first-order chi connectivity index (χ1) is 8.87. The molecule has 19 heavy (non-hydrogen) atoms. The van der Waals surface area contributed by atoms with Gasteiger partial charge in [0, 0.05) is 18.0 Å². The highest BCUT2D eigenvalue weighted by atomic mass is 35.5. The zero-order chi connectivity index (χ0) is 14.5. The number of alkyl halides is 1. The molecule has 0 fully saturated rings. The standard InChI is InChI=1S/C16H24ClNO/c1-12-7-5-8-14(13(12)2)15(19)18-11-16(3,4)9-6-10-17/h5,7-8H,6,9-11H2,1-4H3,(H,18,19). The molecule has 0 saturated carbocycles. The molecule has 2 nitrogen and oxygen atoms in total. The number of halogens is 1. The van der Waals surface area contributed by atoms with Crippen molar-refractivity contribution in [2.75, 3.05) is 12.4 Å². The summed E-state index contributed by atoms with van der Waals surface area (Å²) in [6, 6.07) is 5.83. The molecule has 1 N–H and O–H groups in total. The second kappa shape index (κ2) is 6.95. The van der Waals surface area contributed by atoms with Gasteiger partial charge in [-0.25, -0.2) is 0 Å². The molecule has 0 spiro atoms. The summed E-state index contributed by atoms with van der Waals surface area (Å²) in [5.41, 5.74) is 3.06. The molecule has 0 bridgehead atoms. The van der Waals surface area contributed by atoms with E-state index < -0.39 is 0 Å². The molecule has 0 radical (unpaired) electrons. The zero-order valence-corrected chi connectivity index (χ0v) is 13.1. The Balaban J connectivity index is 2.63. The van der Waals surface area contributed by atoms with Crippen molar-refractivity contribution in [3.63, 3.8) is 0 Å². The summed E-state index contributed by atoms with van der Waals surface area (Å²) in [5.74, 6) is 0.689. The molecule has 1 rings (SSSR count). The first-order valence-electron chi connectivity index (χ1n) is 6.78. The van der Waals surface area contributed by atoms with Crippen LogP contribution in [0.4, 0.5) is 0 Å². The van der Waals surface area contributed by atoms with E-state index in [4.69, 9.17) is 11.6 Å². The Morgan fingerprint density at radius 3 is 2.63 bits per heavy atom. The van der Waals surface area contributed by atoms with Crippen molar-refractivity contribution in [3.8, 4) is 0 Å². The summed E-state index contributed by atoms with van der Waals surface area (Å²) in [6.07, 6.45) is 2.00. The quantitative estimate of drug-likeness (QED) is 0.782. The van der Waals surface area contributed by atoms with Crippen LogP contribution in [-0.2, 0) is 0 Å². The fourth-order valence-electron chi connectivity index (χ4n) is 2.05. The Morgan fingerprint density at radius 2 is 2.00 bits per heavy atom. The highest BCUT2D eigenvalue weighted by Gasteiger charge is 2.19. The fourth-order valence-corrected chi connectivity index (χ4v) is 2.18. The van der Waals surface area contributed by atoms with Crippen molar-refractivity contribution in [2.45, 2.75) is 40.5 Å². The monoisotopic (exact) mass is 281 g/mol. The van der Waals surface area contributed by atoms with E-state index in [1.807, 2.05) is 32.0 Å². The third-order valence-electron chi connectivity index (χ3n) is 3.56. The number of aryl methyl sites for hydroxylation is 1. The molecular weight excluding hydrogens is 258 g/mol. The van der Waals surface area contributed by atoms with Gasteiger partial charge < -0.3 is 5.32 Å². The van der Waals surface area contributed by atoms with E-state index in [0.29, 0.717) is 12.4 Å². The number of carbonyl (C=O) groups excluding carboxylic acids is 1. The number of nitrogens with one attached hydrogen (secondary N) is 1. The molecular formula is C16H24ClNO. The van der Waals surface area contributed by atoms with Crippen LogP contribution >= 0.6 is 11.6 Å². The minimum atomic E-state index is 0.0140. The second-order valence-corrected chi connectivity index (χ2v) is 6.26. The molecule has 1 aromatic rings. The topological polar surface area (TPSA) is 29.1 Å². The van der Waals surface area contributed by atoms with Crippen LogP contribution in [0.3, 0.4) is 0 Å². The van der Waals surface area contributed by atoms with Gasteiger partial charge in [-0.05, 0) is 49.3 Å². The average Bonchev–Trinajstić information content (AvgIpc) is 2.37. The number of amides is 1. The van der Waals surface area contributed by atoms with Crippen molar-refractivity contribution in [1.29, 1.82) is 0 Å². The highest BCUT2D eigenvalue weighted by molar-refractivity contribution is 6.17. The summed E-state index contributed by atoms with van der Waals surface area (Å²) in [4.78, 5) is 12.2. The van der Waals surface area contributed by atoms with E-state index >= 15 is 0 Å². The van der Waals surface area contributed by atoms with Crippen molar-refractivity contribution in [3.05, 3.63) is 34.9 Å². The van der Waals surface area contributed by atoms with E-state index in [-0.39, 0.29) is 11.3 Å². The minimum absolute atomic E-state index is 0.0140. The van der Waals surface area contributed by atoms with Crippen molar-refractivity contribution in [1.82, 2.24) is 5.32 Å². The number of hydrogen-bond acceptors (Lipinski definition) is 1. The highest BCUT2D eigenvalue weighted by Crippen LogP contribution is 2.22. The maximum absolute atomic E-state index is 12.2. The summed E-state index contributed by atoms with van der Waals surface area (Å²) in [5, 5.41) is 3.03. The third-order valence-corrected chi connectivity index (χ3v) is 3.83. The summed E-state index contributed by atoms with van der Waals surface area (Å²) in [7, 11) is 0. The van der Waals surface area contributed by atoms with Crippen LogP contribution < -0.4 is 5.32 Å². The van der Waals surface area contributed by atoms with Gasteiger partial charge in [-0.15, -0.1) is 11.6 Å². The van der Waals surface area contributed by atoms with Crippen LogP contribution in [0.25, 0.3) is 0 Å². The first-order valence-corrected chi connectivity index (χ1v) is 7.31. The van der Waals surface area contributed by atoms with E-state index in [1.165, 1.54) is 0 Å². The minimum Gasteiger partial charge on any atom is -0.351 e. The number of hydrogen-bond donors (Lipinski definition) is 1. The van der Waals surface area contributed by atoms with Gasteiger partial charge in [0.15, 0.2) is 0 Å². The van der Waals surface area contributed by atoms with E-state index in [0.717, 1.165) is 29.5 Å². The molecule has 0 atom stereocenters. The number of carbonyl (C=O) groups is 1. The van der Waals surface area contributed by atoms with Gasteiger partial charge in [-0.1, -0.05) is 26.0 Å². The van der Waals surface area contributed by atoms with Gasteiger partial charge in [-0.3, -0.25) is 4.79 Å². The average molecular weight is 282 g/mol. The fraction of sp³-hybridized carbons (Fsp3) is 0.562. The molecule has 0 unspecified atom stereocenters. The van der Waals surface area contributed by atoms with Crippen molar-refractivity contribution >= 4 is 17.5 Å². The van der Waals surface area contributed by atoms with Crippen LogP contribution in [-0.4, -0.2) is 18.3 Å². The molecule has 106 valence electrons. The van der Waals surface area contributed by atoms with Crippen molar-refractivity contribution < 1.29 is 4.79 Å². The maximum atomic E-state index is 12.2.